The zero-order chi connectivity index (χ0) is 20.9. The fourth-order valence-electron chi connectivity index (χ4n) is 3.01. The first-order valence-electron chi connectivity index (χ1n) is 9.34. The van der Waals surface area contributed by atoms with Crippen LogP contribution in [0.1, 0.15) is 11.3 Å². The van der Waals surface area contributed by atoms with Gasteiger partial charge in [-0.2, -0.15) is 16.9 Å². The number of amides is 2. The lowest BCUT2D eigenvalue weighted by atomic mass is 10.3. The second kappa shape index (κ2) is 9.82. The van der Waals surface area contributed by atoms with Crippen LogP contribution in [-0.2, 0) is 32.4 Å². The molecule has 1 aliphatic heterocycles. The molecule has 0 aliphatic carbocycles. The van der Waals surface area contributed by atoms with Gasteiger partial charge in [-0.1, -0.05) is 23.9 Å². The van der Waals surface area contributed by atoms with Gasteiger partial charge in [0, 0.05) is 30.7 Å². The number of nitrogens with one attached hydrogen (secondary N) is 2. The van der Waals surface area contributed by atoms with Gasteiger partial charge < -0.3 is 15.4 Å². The molecule has 0 saturated heterocycles. The molecule has 0 fully saturated rings. The Morgan fingerprint density at radius 2 is 2.13 bits per heavy atom. The van der Waals surface area contributed by atoms with Gasteiger partial charge in [0.25, 0.3) is 0 Å². The highest BCUT2D eigenvalue weighted by atomic mass is 32.2. The van der Waals surface area contributed by atoms with Crippen molar-refractivity contribution in [2.45, 2.75) is 22.4 Å². The topological polar surface area (TPSA) is 98.1 Å². The average molecular weight is 464 g/mol. The van der Waals surface area contributed by atoms with E-state index in [4.69, 9.17) is 4.74 Å². The predicted molar refractivity (Wildman–Crippen MR) is 121 cm³/mol. The number of fused-ring (bicyclic) bond motifs is 2. The minimum Gasteiger partial charge on any atom is -0.383 e. The molecule has 2 amide bonds. The zero-order valence-corrected chi connectivity index (χ0v) is 18.8. The number of hydrogen-bond donors (Lipinski definition) is 2. The number of hydrogen-bond acceptors (Lipinski definition) is 8. The molecule has 2 aromatic heterocycles. The lowest BCUT2D eigenvalue weighted by Crippen LogP contribution is -2.31. The highest BCUT2D eigenvalue weighted by Gasteiger charge is 2.25. The molecule has 30 heavy (non-hydrogen) atoms. The SMILES string of the molecule is COCCNC(=O)Cn1nc2c(c1NC(=O)CSc1nc3ccccc3s1)CSC2. The summed E-state index contributed by atoms with van der Waals surface area (Å²) in [5.41, 5.74) is 2.87. The van der Waals surface area contributed by atoms with Crippen LogP contribution in [0.3, 0.4) is 0 Å². The van der Waals surface area contributed by atoms with Crippen molar-refractivity contribution >= 4 is 62.7 Å². The normalized spacial score (nSPS) is 12.8. The second-order valence-corrected chi connectivity index (χ2v) is 9.79. The number of carbonyl (C=O) groups excluding carboxylic acids is 2. The smallest absolute Gasteiger partial charge is 0.241 e. The number of carbonyl (C=O) groups is 2. The van der Waals surface area contributed by atoms with Gasteiger partial charge in [-0.05, 0) is 12.1 Å². The zero-order valence-electron chi connectivity index (χ0n) is 16.3. The van der Waals surface area contributed by atoms with Crippen molar-refractivity contribution in [1.82, 2.24) is 20.1 Å². The van der Waals surface area contributed by atoms with Gasteiger partial charge in [0.2, 0.25) is 11.8 Å². The van der Waals surface area contributed by atoms with E-state index in [0.717, 1.165) is 37.3 Å². The van der Waals surface area contributed by atoms with Gasteiger partial charge in [-0.3, -0.25) is 9.59 Å². The average Bonchev–Trinajstić information content (AvgIpc) is 3.42. The molecule has 0 unspecified atom stereocenters. The van der Waals surface area contributed by atoms with E-state index in [1.807, 2.05) is 24.3 Å². The van der Waals surface area contributed by atoms with Crippen molar-refractivity contribution in [1.29, 1.82) is 0 Å². The standard InChI is InChI=1S/C19H21N5O3S3/c1-27-7-6-20-16(25)8-24-18(12-9-28-10-14(12)23-24)22-17(26)11-29-19-21-13-4-2-3-5-15(13)30-19/h2-5H,6-11H2,1H3,(H,20,25)(H,22,26). The fourth-order valence-corrected chi connectivity index (χ4v) is 5.92. The fraction of sp³-hybridized carbons (Fsp3) is 0.368. The van der Waals surface area contributed by atoms with E-state index in [1.54, 1.807) is 34.9 Å². The summed E-state index contributed by atoms with van der Waals surface area (Å²) < 4.78 is 8.50. The first-order chi connectivity index (χ1) is 14.6. The van der Waals surface area contributed by atoms with E-state index in [2.05, 4.69) is 20.7 Å². The summed E-state index contributed by atoms with van der Waals surface area (Å²) in [6.45, 7) is 0.944. The van der Waals surface area contributed by atoms with Crippen LogP contribution in [0.5, 0.6) is 0 Å². The number of aromatic nitrogens is 3. The Hall–Kier alpha value is -2.08. The van der Waals surface area contributed by atoms with Gasteiger partial charge in [0.1, 0.15) is 12.4 Å². The van der Waals surface area contributed by atoms with Crippen LogP contribution in [0, 0.1) is 0 Å². The maximum Gasteiger partial charge on any atom is 0.241 e. The first-order valence-corrected chi connectivity index (χ1v) is 12.3. The summed E-state index contributed by atoms with van der Waals surface area (Å²) in [5, 5.41) is 10.3. The Labute approximate surface area is 186 Å². The lowest BCUT2D eigenvalue weighted by molar-refractivity contribution is -0.122. The summed E-state index contributed by atoms with van der Waals surface area (Å²) in [6, 6.07) is 7.92. The Kier molecular flexibility index (Phi) is 6.93. The van der Waals surface area contributed by atoms with Gasteiger partial charge in [-0.15, -0.1) is 11.3 Å². The largest absolute Gasteiger partial charge is 0.383 e. The molecule has 3 aromatic rings. The number of anilines is 1. The van der Waals surface area contributed by atoms with Gasteiger partial charge in [0.15, 0.2) is 4.34 Å². The van der Waals surface area contributed by atoms with Crippen molar-refractivity contribution in [2.24, 2.45) is 0 Å². The maximum absolute atomic E-state index is 12.6. The summed E-state index contributed by atoms with van der Waals surface area (Å²) in [6.07, 6.45) is 0. The number of ether oxygens (including phenoxy) is 1. The van der Waals surface area contributed by atoms with E-state index in [0.29, 0.717) is 19.0 Å². The minimum atomic E-state index is -0.166. The molecule has 1 aliphatic rings. The van der Waals surface area contributed by atoms with Crippen molar-refractivity contribution in [3.63, 3.8) is 0 Å². The molecule has 0 atom stereocenters. The molecule has 0 spiro atoms. The first kappa shape index (κ1) is 21.2. The molecule has 2 N–H and O–H groups in total. The van der Waals surface area contributed by atoms with E-state index < -0.39 is 0 Å². The van der Waals surface area contributed by atoms with Crippen molar-refractivity contribution in [3.05, 3.63) is 35.5 Å². The molecule has 0 bridgehead atoms. The van der Waals surface area contributed by atoms with Gasteiger partial charge in [0.05, 0.1) is 28.3 Å². The van der Waals surface area contributed by atoms with E-state index in [1.165, 1.54) is 11.8 Å². The molecule has 1 aromatic carbocycles. The summed E-state index contributed by atoms with van der Waals surface area (Å²) in [5.74, 6) is 2.12. The maximum atomic E-state index is 12.6. The van der Waals surface area contributed by atoms with Crippen LogP contribution < -0.4 is 10.6 Å². The molecule has 158 valence electrons. The van der Waals surface area contributed by atoms with E-state index in [-0.39, 0.29) is 24.1 Å². The predicted octanol–water partition coefficient (Wildman–Crippen LogP) is 2.73. The van der Waals surface area contributed by atoms with Gasteiger partial charge in [-0.25, -0.2) is 9.67 Å². The lowest BCUT2D eigenvalue weighted by Gasteiger charge is -2.11. The van der Waals surface area contributed by atoms with Crippen molar-refractivity contribution in [3.8, 4) is 0 Å². The molecular weight excluding hydrogens is 442 g/mol. The minimum absolute atomic E-state index is 0.0575. The molecule has 11 heteroatoms. The Morgan fingerprint density at radius 1 is 1.27 bits per heavy atom. The number of thioether (sulfide) groups is 2. The third-order valence-electron chi connectivity index (χ3n) is 4.40. The number of nitrogens with zero attached hydrogens (tertiary/aromatic N) is 3. The van der Waals surface area contributed by atoms with Crippen molar-refractivity contribution < 1.29 is 14.3 Å². The molecule has 3 heterocycles. The molecule has 0 radical (unpaired) electrons. The van der Waals surface area contributed by atoms with E-state index >= 15 is 0 Å². The quantitative estimate of drug-likeness (QED) is 0.372. The van der Waals surface area contributed by atoms with Crippen LogP contribution in [0.4, 0.5) is 5.82 Å². The molecule has 8 nitrogen and oxygen atoms in total. The molecule has 4 rings (SSSR count). The summed E-state index contributed by atoms with van der Waals surface area (Å²) in [4.78, 5) is 29.4. The third kappa shape index (κ3) is 4.97. The number of thiazole rings is 1. The summed E-state index contributed by atoms with van der Waals surface area (Å²) in [7, 11) is 1.59. The number of para-hydroxylation sites is 1. The Bertz CT molecular complexity index is 1030. The highest BCUT2D eigenvalue weighted by molar-refractivity contribution is 8.01. The van der Waals surface area contributed by atoms with Crippen LogP contribution in [0.2, 0.25) is 0 Å². The van der Waals surface area contributed by atoms with Crippen LogP contribution in [-0.4, -0.2) is 52.6 Å². The number of benzene rings is 1. The second-order valence-electron chi connectivity index (χ2n) is 6.55. The van der Waals surface area contributed by atoms with Crippen LogP contribution in [0.15, 0.2) is 28.6 Å². The Morgan fingerprint density at radius 3 is 2.97 bits per heavy atom. The van der Waals surface area contributed by atoms with Gasteiger partial charge >= 0.3 is 0 Å². The molecular formula is C19H21N5O3S3. The number of methoxy groups -OCH3 is 1. The van der Waals surface area contributed by atoms with Crippen LogP contribution >= 0.6 is 34.9 Å². The number of rotatable bonds is 9. The van der Waals surface area contributed by atoms with E-state index in [9.17, 15) is 9.59 Å². The monoisotopic (exact) mass is 463 g/mol. The highest BCUT2D eigenvalue weighted by Crippen LogP contribution is 2.35. The summed E-state index contributed by atoms with van der Waals surface area (Å²) >= 11 is 4.74. The van der Waals surface area contributed by atoms with Crippen LogP contribution in [0.25, 0.3) is 10.2 Å². The third-order valence-corrected chi connectivity index (χ3v) is 7.55. The van der Waals surface area contributed by atoms with Crippen molar-refractivity contribution in [2.75, 3.05) is 31.3 Å². The Balaban J connectivity index is 1.40. The molecule has 0 saturated carbocycles.